The minimum absolute atomic E-state index is 0.00854. The maximum absolute atomic E-state index is 11.5. The second-order valence-corrected chi connectivity index (χ2v) is 3.53. The molecular formula is C9H15F3O2. The zero-order valence-corrected chi connectivity index (χ0v) is 8.36. The molecule has 14 heavy (non-hydrogen) atoms. The number of Topliss-reactive ketones (excluding diaryl/α,β-unsaturated/α-hetero) is 1. The monoisotopic (exact) mass is 212 g/mol. The first kappa shape index (κ1) is 13.4. The zero-order chi connectivity index (χ0) is 11.2. The van der Waals surface area contributed by atoms with Crippen molar-refractivity contribution in [2.45, 2.75) is 39.5 Å². The third kappa shape index (κ3) is 9.51. The van der Waals surface area contributed by atoms with Gasteiger partial charge in [-0.2, -0.15) is 0 Å². The lowest BCUT2D eigenvalue weighted by Gasteiger charge is -2.07. The molecule has 0 unspecified atom stereocenters. The molecule has 5 heteroatoms. The maximum atomic E-state index is 11.5. The van der Waals surface area contributed by atoms with E-state index < -0.39 is 13.0 Å². The summed E-state index contributed by atoms with van der Waals surface area (Å²) >= 11 is 0. The van der Waals surface area contributed by atoms with Gasteiger partial charge in [-0.05, 0) is 12.3 Å². The van der Waals surface area contributed by atoms with Gasteiger partial charge in [0.05, 0.1) is 6.61 Å². The molecule has 84 valence electrons. The molecule has 0 aromatic carbocycles. The lowest BCUT2D eigenvalue weighted by molar-refractivity contribution is -0.324. The molecule has 0 aliphatic rings. The third-order valence-electron chi connectivity index (χ3n) is 1.50. The Morgan fingerprint density at radius 2 is 1.93 bits per heavy atom. The fourth-order valence-electron chi connectivity index (χ4n) is 1.01. The Morgan fingerprint density at radius 1 is 1.36 bits per heavy atom. The number of ketones is 1. The van der Waals surface area contributed by atoms with E-state index in [1.54, 1.807) is 0 Å². The maximum Gasteiger partial charge on any atom is 0.522 e. The fraction of sp³-hybridized carbons (Fsp3) is 0.889. The summed E-state index contributed by atoms with van der Waals surface area (Å²) in [5.74, 6) is 0.247. The Bertz CT molecular complexity index is 175. The van der Waals surface area contributed by atoms with Crippen molar-refractivity contribution in [2.75, 3.05) is 6.61 Å². The smallest absolute Gasteiger partial charge is 0.300 e. The van der Waals surface area contributed by atoms with E-state index in [9.17, 15) is 18.0 Å². The molecule has 2 nitrogen and oxygen atoms in total. The molecule has 0 aliphatic heterocycles. The number of halogens is 3. The van der Waals surface area contributed by atoms with E-state index in [0.717, 1.165) is 0 Å². The molecule has 0 fully saturated rings. The van der Waals surface area contributed by atoms with Crippen molar-refractivity contribution in [2.24, 2.45) is 5.92 Å². The van der Waals surface area contributed by atoms with E-state index in [-0.39, 0.29) is 24.5 Å². The highest BCUT2D eigenvalue weighted by Gasteiger charge is 2.28. The molecular weight excluding hydrogens is 197 g/mol. The molecule has 0 rings (SSSR count). The van der Waals surface area contributed by atoms with Crippen LogP contribution >= 0.6 is 0 Å². The van der Waals surface area contributed by atoms with Crippen LogP contribution in [0.2, 0.25) is 0 Å². The van der Waals surface area contributed by atoms with Crippen molar-refractivity contribution >= 4 is 5.78 Å². The second kappa shape index (κ2) is 6.01. The Morgan fingerprint density at radius 3 is 2.36 bits per heavy atom. The van der Waals surface area contributed by atoms with Crippen LogP contribution in [0, 0.1) is 5.92 Å². The van der Waals surface area contributed by atoms with Gasteiger partial charge in [0.1, 0.15) is 5.78 Å². The average Bonchev–Trinajstić information content (AvgIpc) is 1.95. The first-order valence-electron chi connectivity index (χ1n) is 4.53. The Labute approximate surface area is 81.4 Å². The number of ether oxygens (including phenoxy) is 1. The molecule has 0 bridgehead atoms. The zero-order valence-electron chi connectivity index (χ0n) is 8.36. The standard InChI is InChI=1S/C9H15F3O2/c1-7(2)6-8(13)4-3-5-14-9(10,11)12/h7H,3-6H2,1-2H3. The number of hydrogen-bond acceptors (Lipinski definition) is 2. The largest absolute Gasteiger partial charge is 0.522 e. The van der Waals surface area contributed by atoms with E-state index in [4.69, 9.17) is 0 Å². The minimum atomic E-state index is -4.58. The van der Waals surface area contributed by atoms with Crippen LogP contribution < -0.4 is 0 Å². The van der Waals surface area contributed by atoms with E-state index in [2.05, 4.69) is 4.74 Å². The summed E-state index contributed by atoms with van der Waals surface area (Å²) in [6.07, 6.45) is -3.87. The SMILES string of the molecule is CC(C)CC(=O)CCCOC(F)(F)F. The molecule has 0 amide bonds. The topological polar surface area (TPSA) is 26.3 Å². The summed E-state index contributed by atoms with van der Waals surface area (Å²) in [4.78, 5) is 11.0. The van der Waals surface area contributed by atoms with Gasteiger partial charge in [-0.3, -0.25) is 9.53 Å². The van der Waals surface area contributed by atoms with Crippen molar-refractivity contribution in [3.63, 3.8) is 0 Å². The van der Waals surface area contributed by atoms with E-state index >= 15 is 0 Å². The van der Waals surface area contributed by atoms with Crippen LogP contribution in [0.4, 0.5) is 13.2 Å². The molecule has 0 saturated heterocycles. The van der Waals surface area contributed by atoms with Gasteiger partial charge in [-0.1, -0.05) is 13.8 Å². The van der Waals surface area contributed by atoms with Crippen LogP contribution in [0.3, 0.4) is 0 Å². The van der Waals surface area contributed by atoms with E-state index in [1.165, 1.54) is 0 Å². The predicted molar refractivity (Wildman–Crippen MR) is 45.7 cm³/mol. The molecule has 0 aliphatic carbocycles. The lowest BCUT2D eigenvalue weighted by Crippen LogP contribution is -2.15. The van der Waals surface area contributed by atoms with Gasteiger partial charge >= 0.3 is 6.36 Å². The van der Waals surface area contributed by atoms with E-state index in [1.807, 2.05) is 13.8 Å². The quantitative estimate of drug-likeness (QED) is 0.633. The van der Waals surface area contributed by atoms with Gasteiger partial charge < -0.3 is 0 Å². The molecule has 0 spiro atoms. The third-order valence-corrected chi connectivity index (χ3v) is 1.50. The van der Waals surface area contributed by atoms with Crippen molar-refractivity contribution in [3.05, 3.63) is 0 Å². The molecule has 0 saturated carbocycles. The van der Waals surface area contributed by atoms with Crippen molar-refractivity contribution in [1.82, 2.24) is 0 Å². The molecule has 0 atom stereocenters. The van der Waals surface area contributed by atoms with Crippen LogP contribution in [-0.4, -0.2) is 18.8 Å². The summed E-state index contributed by atoms with van der Waals surface area (Å²) in [6, 6.07) is 0. The first-order valence-corrected chi connectivity index (χ1v) is 4.53. The van der Waals surface area contributed by atoms with E-state index in [0.29, 0.717) is 6.42 Å². The van der Waals surface area contributed by atoms with Crippen LogP contribution in [0.15, 0.2) is 0 Å². The molecule has 0 heterocycles. The molecule has 0 aromatic heterocycles. The van der Waals surface area contributed by atoms with Gasteiger partial charge in [0.15, 0.2) is 0 Å². The van der Waals surface area contributed by atoms with Crippen molar-refractivity contribution in [3.8, 4) is 0 Å². The molecule has 0 N–H and O–H groups in total. The summed E-state index contributed by atoms with van der Waals surface area (Å²) in [5, 5.41) is 0. The van der Waals surface area contributed by atoms with Crippen molar-refractivity contribution in [1.29, 1.82) is 0 Å². The van der Waals surface area contributed by atoms with Crippen LogP contribution in [0.5, 0.6) is 0 Å². The Hall–Kier alpha value is -0.580. The van der Waals surface area contributed by atoms with Gasteiger partial charge in [0.25, 0.3) is 0 Å². The fourth-order valence-corrected chi connectivity index (χ4v) is 1.01. The summed E-state index contributed by atoms with van der Waals surface area (Å²) in [6.45, 7) is 3.35. The number of carbonyl (C=O) groups is 1. The van der Waals surface area contributed by atoms with Crippen molar-refractivity contribution < 1.29 is 22.7 Å². The summed E-state index contributed by atoms with van der Waals surface area (Å²) in [7, 11) is 0. The van der Waals surface area contributed by atoms with Gasteiger partial charge in [-0.15, -0.1) is 13.2 Å². The number of hydrogen-bond donors (Lipinski definition) is 0. The second-order valence-electron chi connectivity index (χ2n) is 3.53. The van der Waals surface area contributed by atoms with Gasteiger partial charge in [-0.25, -0.2) is 0 Å². The molecule has 0 radical (unpaired) electrons. The average molecular weight is 212 g/mol. The Kier molecular flexibility index (Phi) is 5.76. The highest BCUT2D eigenvalue weighted by atomic mass is 19.4. The van der Waals surface area contributed by atoms with Crippen LogP contribution in [0.25, 0.3) is 0 Å². The predicted octanol–water partition coefficient (Wildman–Crippen LogP) is 2.92. The minimum Gasteiger partial charge on any atom is -0.300 e. The highest BCUT2D eigenvalue weighted by molar-refractivity contribution is 5.78. The first-order chi connectivity index (χ1) is 6.31. The van der Waals surface area contributed by atoms with Gasteiger partial charge in [0, 0.05) is 12.8 Å². The highest BCUT2D eigenvalue weighted by Crippen LogP contribution is 2.16. The number of rotatable bonds is 6. The van der Waals surface area contributed by atoms with Crippen LogP contribution in [0.1, 0.15) is 33.1 Å². The molecule has 0 aromatic rings. The van der Waals surface area contributed by atoms with Gasteiger partial charge in [0.2, 0.25) is 0 Å². The normalized spacial score (nSPS) is 12.1. The number of carbonyl (C=O) groups excluding carboxylic acids is 1. The summed E-state index contributed by atoms with van der Waals surface area (Å²) in [5.41, 5.74) is 0. The summed E-state index contributed by atoms with van der Waals surface area (Å²) < 4.78 is 38.0. The van der Waals surface area contributed by atoms with Crippen LogP contribution in [-0.2, 0) is 9.53 Å². The number of alkyl halides is 3. The lowest BCUT2D eigenvalue weighted by atomic mass is 10.0. The Balaban J connectivity index is 3.41.